The Balaban J connectivity index is 2.88. The summed E-state index contributed by atoms with van der Waals surface area (Å²) in [6, 6.07) is -0.0155. The van der Waals surface area contributed by atoms with Crippen LogP contribution < -0.4 is 5.73 Å². The molecule has 1 aliphatic heterocycles. The maximum atomic E-state index is 12.7. The Morgan fingerprint density at radius 1 is 1.47 bits per heavy atom. The van der Waals surface area contributed by atoms with Gasteiger partial charge in [0.1, 0.15) is 0 Å². The van der Waals surface area contributed by atoms with E-state index in [1.807, 2.05) is 20.8 Å². The molecule has 1 heterocycles. The first-order chi connectivity index (χ1) is 8.76. The molecule has 0 aromatic heterocycles. The van der Waals surface area contributed by atoms with Gasteiger partial charge in [0.15, 0.2) is 0 Å². The third kappa shape index (κ3) is 4.37. The van der Waals surface area contributed by atoms with Gasteiger partial charge < -0.3 is 5.73 Å². The van der Waals surface area contributed by atoms with Crippen LogP contribution in [0.4, 0.5) is 0 Å². The van der Waals surface area contributed by atoms with Crippen molar-refractivity contribution in [2.75, 3.05) is 13.1 Å². The molecule has 1 fully saturated rings. The molecule has 0 bridgehead atoms. The van der Waals surface area contributed by atoms with Crippen LogP contribution in [-0.2, 0) is 10.2 Å². The zero-order valence-corrected chi connectivity index (χ0v) is 13.6. The molecule has 1 atom stereocenters. The second kappa shape index (κ2) is 6.97. The minimum Gasteiger partial charge on any atom is -0.393 e. The first-order valence-electron chi connectivity index (χ1n) is 6.83. The highest BCUT2D eigenvalue weighted by Crippen LogP contribution is 2.23. The van der Waals surface area contributed by atoms with Gasteiger partial charge in [-0.05, 0) is 33.6 Å². The van der Waals surface area contributed by atoms with Crippen LogP contribution >= 0.6 is 12.2 Å². The van der Waals surface area contributed by atoms with Crippen molar-refractivity contribution in [3.8, 4) is 0 Å². The van der Waals surface area contributed by atoms with Gasteiger partial charge in [-0.25, -0.2) is 0 Å². The van der Waals surface area contributed by atoms with Gasteiger partial charge in [-0.1, -0.05) is 18.6 Å². The van der Waals surface area contributed by atoms with Crippen LogP contribution in [0.2, 0.25) is 0 Å². The average Bonchev–Trinajstić information content (AvgIpc) is 2.28. The topological polar surface area (TPSA) is 66.6 Å². The van der Waals surface area contributed by atoms with Crippen LogP contribution in [0, 0.1) is 0 Å². The van der Waals surface area contributed by atoms with Gasteiger partial charge in [-0.2, -0.15) is 17.0 Å². The molecule has 0 aliphatic carbocycles. The molecule has 7 heteroatoms. The highest BCUT2D eigenvalue weighted by Gasteiger charge is 2.35. The third-order valence-electron chi connectivity index (χ3n) is 3.49. The Bertz CT molecular complexity index is 409. The first kappa shape index (κ1) is 16.8. The van der Waals surface area contributed by atoms with E-state index in [1.165, 1.54) is 4.31 Å². The van der Waals surface area contributed by atoms with E-state index in [1.54, 1.807) is 4.31 Å². The van der Waals surface area contributed by atoms with E-state index in [0.717, 1.165) is 19.3 Å². The minimum atomic E-state index is -3.42. The summed E-state index contributed by atoms with van der Waals surface area (Å²) < 4.78 is 28.6. The van der Waals surface area contributed by atoms with Gasteiger partial charge >= 0.3 is 0 Å². The largest absolute Gasteiger partial charge is 0.393 e. The van der Waals surface area contributed by atoms with E-state index in [-0.39, 0.29) is 12.1 Å². The van der Waals surface area contributed by atoms with E-state index in [9.17, 15) is 8.42 Å². The van der Waals surface area contributed by atoms with Crippen molar-refractivity contribution in [2.24, 2.45) is 5.73 Å². The summed E-state index contributed by atoms with van der Waals surface area (Å²) >= 11 is 4.85. The molecule has 1 saturated heterocycles. The number of nitrogens with two attached hydrogens (primary N) is 1. The lowest BCUT2D eigenvalue weighted by atomic mass is 10.1. The second-order valence-corrected chi connectivity index (χ2v) is 7.74. The molecule has 2 N–H and O–H groups in total. The Morgan fingerprint density at radius 3 is 2.58 bits per heavy atom. The zero-order valence-electron chi connectivity index (χ0n) is 12.0. The molecular formula is C12H25N3O2S2. The van der Waals surface area contributed by atoms with Crippen molar-refractivity contribution in [3.63, 3.8) is 0 Å². The van der Waals surface area contributed by atoms with Crippen molar-refractivity contribution in [1.82, 2.24) is 8.61 Å². The molecule has 0 radical (unpaired) electrons. The zero-order chi connectivity index (χ0) is 14.6. The number of nitrogens with zero attached hydrogens (tertiary/aromatic N) is 2. The van der Waals surface area contributed by atoms with Gasteiger partial charge in [-0.15, -0.1) is 0 Å². The number of piperidine rings is 1. The van der Waals surface area contributed by atoms with Crippen LogP contribution in [0.15, 0.2) is 0 Å². The number of rotatable bonds is 6. The van der Waals surface area contributed by atoms with Gasteiger partial charge in [0.05, 0.1) is 4.99 Å². The fourth-order valence-electron chi connectivity index (χ4n) is 2.41. The predicted molar refractivity (Wildman–Crippen MR) is 82.2 cm³/mol. The van der Waals surface area contributed by atoms with Crippen molar-refractivity contribution in [3.05, 3.63) is 0 Å². The highest BCUT2D eigenvalue weighted by atomic mass is 32.2. The quantitative estimate of drug-likeness (QED) is 0.755. The minimum absolute atomic E-state index is 0.0739. The standard InChI is InChI=1S/C12H25N3O2S2/c1-10(2)14(9-7-12(13)18)19(16,17)15-8-5-4-6-11(15)3/h10-11H,4-9H2,1-3H3,(H2,13,18). The van der Waals surface area contributed by atoms with Gasteiger partial charge in [0, 0.05) is 31.6 Å². The van der Waals surface area contributed by atoms with Gasteiger partial charge in [0.25, 0.3) is 10.2 Å². The van der Waals surface area contributed by atoms with E-state index in [0.29, 0.717) is 24.5 Å². The molecule has 0 saturated carbocycles. The smallest absolute Gasteiger partial charge is 0.282 e. The summed E-state index contributed by atoms with van der Waals surface area (Å²) in [6.07, 6.45) is 3.39. The molecule has 19 heavy (non-hydrogen) atoms. The van der Waals surface area contributed by atoms with E-state index in [2.05, 4.69) is 0 Å². The fourth-order valence-corrected chi connectivity index (χ4v) is 4.55. The van der Waals surface area contributed by atoms with E-state index in [4.69, 9.17) is 18.0 Å². The Morgan fingerprint density at radius 2 is 2.11 bits per heavy atom. The first-order valence-corrected chi connectivity index (χ1v) is 8.64. The Hall–Kier alpha value is -0.240. The molecule has 0 spiro atoms. The Kier molecular flexibility index (Phi) is 6.16. The second-order valence-electron chi connectivity index (χ2n) is 5.38. The SMILES string of the molecule is CC(C)N(CCC(N)=S)S(=O)(=O)N1CCCCC1C. The van der Waals surface area contributed by atoms with Crippen LogP contribution in [0.25, 0.3) is 0 Å². The van der Waals surface area contributed by atoms with Crippen LogP contribution in [0.3, 0.4) is 0 Å². The molecule has 5 nitrogen and oxygen atoms in total. The molecule has 112 valence electrons. The monoisotopic (exact) mass is 307 g/mol. The molecule has 0 amide bonds. The normalized spacial score (nSPS) is 22.1. The fraction of sp³-hybridized carbons (Fsp3) is 0.917. The number of hydrogen-bond donors (Lipinski definition) is 1. The highest BCUT2D eigenvalue weighted by molar-refractivity contribution is 7.86. The molecule has 0 aromatic rings. The number of thiocarbonyl (C=S) groups is 1. The molecular weight excluding hydrogens is 282 g/mol. The van der Waals surface area contributed by atoms with E-state index >= 15 is 0 Å². The molecule has 0 aromatic carbocycles. The van der Waals surface area contributed by atoms with Crippen LogP contribution in [0.1, 0.15) is 46.5 Å². The molecule has 1 rings (SSSR count). The molecule has 1 aliphatic rings. The maximum absolute atomic E-state index is 12.7. The van der Waals surface area contributed by atoms with Gasteiger partial charge in [-0.3, -0.25) is 0 Å². The van der Waals surface area contributed by atoms with Crippen molar-refractivity contribution in [1.29, 1.82) is 0 Å². The summed E-state index contributed by atoms with van der Waals surface area (Å²) in [5.41, 5.74) is 5.49. The van der Waals surface area contributed by atoms with Crippen molar-refractivity contribution in [2.45, 2.75) is 58.5 Å². The van der Waals surface area contributed by atoms with Crippen molar-refractivity contribution >= 4 is 27.4 Å². The third-order valence-corrected chi connectivity index (χ3v) is 6.03. The summed E-state index contributed by atoms with van der Waals surface area (Å²) in [5.74, 6) is 0. The van der Waals surface area contributed by atoms with Crippen LogP contribution in [-0.4, -0.2) is 47.2 Å². The van der Waals surface area contributed by atoms with Crippen LogP contribution in [0.5, 0.6) is 0 Å². The lowest BCUT2D eigenvalue weighted by molar-refractivity contribution is 0.235. The summed E-state index contributed by atoms with van der Waals surface area (Å²) in [4.78, 5) is 0.354. The summed E-state index contributed by atoms with van der Waals surface area (Å²) in [5, 5.41) is 0. The summed E-state index contributed by atoms with van der Waals surface area (Å²) in [6.45, 7) is 6.71. The lowest BCUT2D eigenvalue weighted by Gasteiger charge is -2.37. The lowest BCUT2D eigenvalue weighted by Crippen LogP contribution is -2.52. The molecule has 1 unspecified atom stereocenters. The van der Waals surface area contributed by atoms with Gasteiger partial charge in [0.2, 0.25) is 0 Å². The summed E-state index contributed by atoms with van der Waals surface area (Å²) in [7, 11) is -3.42. The average molecular weight is 307 g/mol. The Labute approximate surface area is 122 Å². The van der Waals surface area contributed by atoms with E-state index < -0.39 is 10.2 Å². The predicted octanol–water partition coefficient (Wildman–Crippen LogP) is 1.49. The maximum Gasteiger partial charge on any atom is 0.282 e. The van der Waals surface area contributed by atoms with Crippen molar-refractivity contribution < 1.29 is 8.42 Å². The number of hydrogen-bond acceptors (Lipinski definition) is 3.